The van der Waals surface area contributed by atoms with Gasteiger partial charge in [0.1, 0.15) is 6.04 Å². The average molecular weight is 200 g/mol. The maximum atomic E-state index is 10.3. The normalized spacial score (nSPS) is 12.8. The van der Waals surface area contributed by atoms with Crippen molar-refractivity contribution in [3.63, 3.8) is 0 Å². The van der Waals surface area contributed by atoms with Crippen LogP contribution in [0.3, 0.4) is 0 Å². The lowest BCUT2D eigenvalue weighted by Crippen LogP contribution is -2.40. The van der Waals surface area contributed by atoms with E-state index in [2.05, 4.69) is 0 Å². The average Bonchev–Trinajstić information content (AvgIpc) is 1.84. The summed E-state index contributed by atoms with van der Waals surface area (Å²) in [6.07, 6.45) is -1.48. The summed E-state index contributed by atoms with van der Waals surface area (Å²) in [4.78, 5) is 11.7. The minimum Gasteiger partial charge on any atom is -0.480 e. The molecule has 0 aromatic carbocycles. The van der Waals surface area contributed by atoms with E-state index in [9.17, 15) is 4.79 Å². The van der Waals surface area contributed by atoms with Crippen molar-refractivity contribution in [2.75, 3.05) is 13.6 Å². The van der Waals surface area contributed by atoms with Gasteiger partial charge in [-0.15, -0.1) is 12.4 Å². The molecule has 0 spiro atoms. The lowest BCUT2D eigenvalue weighted by Gasteiger charge is -2.21. The Bertz CT molecular complexity index is 142. The smallest absolute Gasteiger partial charge is 0.320 e. The lowest BCUT2D eigenvalue weighted by molar-refractivity contribution is -0.143. The van der Waals surface area contributed by atoms with Crippen molar-refractivity contribution >= 4 is 18.4 Å². The van der Waals surface area contributed by atoms with Crippen molar-refractivity contribution in [1.29, 1.82) is 0 Å². The van der Waals surface area contributed by atoms with Crippen LogP contribution in [0, 0.1) is 0 Å². The second-order valence-electron chi connectivity index (χ2n) is 2.43. The van der Waals surface area contributed by atoms with E-state index in [0.29, 0.717) is 0 Å². The van der Waals surface area contributed by atoms with Crippen LogP contribution in [0.2, 0.25) is 0 Å². The molecule has 0 aliphatic heterocycles. The van der Waals surface area contributed by atoms with E-state index in [1.54, 1.807) is 0 Å². The second-order valence-corrected chi connectivity index (χ2v) is 2.43. The van der Waals surface area contributed by atoms with Gasteiger partial charge in [-0.05, 0) is 14.0 Å². The third-order valence-electron chi connectivity index (χ3n) is 1.47. The molecule has 5 nitrogen and oxygen atoms in total. The van der Waals surface area contributed by atoms with Gasteiger partial charge in [0.25, 0.3) is 0 Å². The summed E-state index contributed by atoms with van der Waals surface area (Å²) in [7, 11) is 1.51. The third-order valence-corrected chi connectivity index (χ3v) is 1.47. The van der Waals surface area contributed by atoms with Gasteiger partial charge in [-0.3, -0.25) is 9.69 Å². The molecule has 0 aliphatic rings. The number of hydrogen-bond acceptors (Lipinski definition) is 4. The zero-order valence-corrected chi connectivity index (χ0v) is 7.78. The zero-order valence-electron chi connectivity index (χ0n) is 6.97. The minimum absolute atomic E-state index is 0. The fourth-order valence-corrected chi connectivity index (χ4v) is 0.604. The molecule has 0 bridgehead atoms. The Morgan fingerprint density at radius 2 is 1.92 bits per heavy atom. The van der Waals surface area contributed by atoms with E-state index in [-0.39, 0.29) is 19.0 Å². The number of aliphatic hydroxyl groups is 2. The Kier molecular flexibility index (Phi) is 7.31. The van der Waals surface area contributed by atoms with Crippen LogP contribution in [0.25, 0.3) is 0 Å². The summed E-state index contributed by atoms with van der Waals surface area (Å²) in [5.41, 5.74) is 0. The number of rotatable bonds is 4. The summed E-state index contributed by atoms with van der Waals surface area (Å²) in [6.45, 7) is 1.41. The van der Waals surface area contributed by atoms with Crippen LogP contribution in [0.1, 0.15) is 6.92 Å². The van der Waals surface area contributed by atoms with Gasteiger partial charge in [0.05, 0.1) is 0 Å². The van der Waals surface area contributed by atoms with Crippen LogP contribution in [-0.4, -0.2) is 52.1 Å². The van der Waals surface area contributed by atoms with Crippen LogP contribution >= 0.6 is 12.4 Å². The van der Waals surface area contributed by atoms with Crippen molar-refractivity contribution in [1.82, 2.24) is 4.90 Å². The molecule has 6 heteroatoms. The zero-order chi connectivity index (χ0) is 9.02. The molecule has 0 aliphatic carbocycles. The molecule has 1 unspecified atom stereocenters. The van der Waals surface area contributed by atoms with E-state index in [0.717, 1.165) is 0 Å². The monoisotopic (exact) mass is 199 g/mol. The molecule has 0 aromatic rings. The summed E-state index contributed by atoms with van der Waals surface area (Å²) < 4.78 is 0. The Balaban J connectivity index is 0. The Hall–Kier alpha value is -0.360. The molecule has 0 saturated carbocycles. The highest BCUT2D eigenvalue weighted by atomic mass is 35.5. The largest absolute Gasteiger partial charge is 0.480 e. The van der Waals surface area contributed by atoms with Crippen LogP contribution in [-0.2, 0) is 4.79 Å². The van der Waals surface area contributed by atoms with Gasteiger partial charge in [-0.25, -0.2) is 0 Å². The number of hydrogen-bond donors (Lipinski definition) is 3. The first kappa shape index (κ1) is 14.2. The van der Waals surface area contributed by atoms with Gasteiger partial charge in [0, 0.05) is 6.54 Å². The molecule has 0 aromatic heterocycles. The molecule has 0 fully saturated rings. The Morgan fingerprint density at radius 1 is 1.50 bits per heavy atom. The number of carboxylic acid groups (broad SMARTS) is 1. The SMILES string of the molecule is CC(C(=O)O)N(C)CC(O)O.Cl. The first-order valence-electron chi connectivity index (χ1n) is 3.24. The number of likely N-dealkylation sites (N-methyl/N-ethyl adjacent to an activating group) is 1. The maximum Gasteiger partial charge on any atom is 0.320 e. The van der Waals surface area contributed by atoms with E-state index >= 15 is 0 Å². The summed E-state index contributed by atoms with van der Waals surface area (Å²) in [5, 5.41) is 25.4. The van der Waals surface area contributed by atoms with Gasteiger partial charge in [0.2, 0.25) is 0 Å². The molecule has 12 heavy (non-hydrogen) atoms. The van der Waals surface area contributed by atoms with Crippen molar-refractivity contribution in [2.45, 2.75) is 19.3 Å². The summed E-state index contributed by atoms with van der Waals surface area (Å²) >= 11 is 0. The molecule has 1 atom stereocenters. The minimum atomic E-state index is -1.48. The van der Waals surface area contributed by atoms with E-state index in [4.69, 9.17) is 15.3 Å². The van der Waals surface area contributed by atoms with E-state index in [1.165, 1.54) is 18.9 Å². The molecule has 74 valence electrons. The van der Waals surface area contributed by atoms with Crippen molar-refractivity contribution in [3.05, 3.63) is 0 Å². The number of carbonyl (C=O) groups is 1. The quantitative estimate of drug-likeness (QED) is 0.513. The molecular formula is C6H14ClNO4. The molecule has 0 saturated heterocycles. The van der Waals surface area contributed by atoms with Crippen LogP contribution in [0.4, 0.5) is 0 Å². The number of carboxylic acids is 1. The Labute approximate surface area is 77.0 Å². The highest BCUT2D eigenvalue weighted by Crippen LogP contribution is 1.95. The predicted octanol–water partition coefficient (Wildman–Crippen LogP) is -0.876. The standard InChI is InChI=1S/C6H13NO4.ClH/c1-4(6(10)11)7(2)3-5(8)9;/h4-5,8-9H,3H2,1-2H3,(H,10,11);1H. The third kappa shape index (κ3) is 5.31. The van der Waals surface area contributed by atoms with Crippen LogP contribution < -0.4 is 0 Å². The molecule has 0 radical (unpaired) electrons. The fourth-order valence-electron chi connectivity index (χ4n) is 0.604. The molecule has 0 amide bonds. The first-order valence-corrected chi connectivity index (χ1v) is 3.24. The lowest BCUT2D eigenvalue weighted by atomic mass is 10.3. The number of nitrogens with zero attached hydrogens (tertiary/aromatic N) is 1. The summed E-state index contributed by atoms with van der Waals surface area (Å²) in [5.74, 6) is -0.979. The van der Waals surface area contributed by atoms with E-state index < -0.39 is 18.3 Å². The molecule has 3 N–H and O–H groups in total. The van der Waals surface area contributed by atoms with Gasteiger partial charge in [-0.1, -0.05) is 0 Å². The van der Waals surface area contributed by atoms with Crippen molar-refractivity contribution in [3.8, 4) is 0 Å². The number of aliphatic hydroxyl groups excluding tert-OH is 1. The number of halogens is 1. The van der Waals surface area contributed by atoms with Gasteiger partial charge in [-0.2, -0.15) is 0 Å². The highest BCUT2D eigenvalue weighted by molar-refractivity contribution is 5.85. The number of aliphatic carboxylic acids is 1. The van der Waals surface area contributed by atoms with Crippen LogP contribution in [0.5, 0.6) is 0 Å². The van der Waals surface area contributed by atoms with Crippen molar-refractivity contribution < 1.29 is 20.1 Å². The summed E-state index contributed by atoms with van der Waals surface area (Å²) in [6, 6.07) is -0.697. The predicted molar refractivity (Wildman–Crippen MR) is 45.2 cm³/mol. The van der Waals surface area contributed by atoms with Gasteiger partial charge >= 0.3 is 5.97 Å². The topological polar surface area (TPSA) is 81.0 Å². The second kappa shape index (κ2) is 6.19. The van der Waals surface area contributed by atoms with Crippen molar-refractivity contribution in [2.24, 2.45) is 0 Å². The fraction of sp³-hybridized carbons (Fsp3) is 0.833. The molecule has 0 heterocycles. The van der Waals surface area contributed by atoms with Crippen LogP contribution in [0.15, 0.2) is 0 Å². The van der Waals surface area contributed by atoms with E-state index in [1.807, 2.05) is 0 Å². The van der Waals surface area contributed by atoms with Gasteiger partial charge < -0.3 is 15.3 Å². The highest BCUT2D eigenvalue weighted by Gasteiger charge is 2.17. The maximum absolute atomic E-state index is 10.3. The van der Waals surface area contributed by atoms with Gasteiger partial charge in [0.15, 0.2) is 6.29 Å². The molecule has 0 rings (SSSR count). The first-order chi connectivity index (χ1) is 4.95. The Morgan fingerprint density at radius 3 is 2.17 bits per heavy atom. The molecular weight excluding hydrogens is 186 g/mol.